The zero-order valence-electron chi connectivity index (χ0n) is 17.5. The SMILES string of the molecule is CN(CC(=O)NC1(C)CCCC1)c1nc(-c2cc3cn[nH]c3cn2)nc2c1CCC2. The smallest absolute Gasteiger partial charge is 0.239 e. The Bertz CT molecular complexity index is 1100. The molecule has 1 saturated carbocycles. The average Bonchev–Trinajstić information content (AvgIpc) is 3.46. The van der Waals surface area contributed by atoms with E-state index in [4.69, 9.17) is 9.97 Å². The van der Waals surface area contributed by atoms with Crippen LogP contribution in [0.3, 0.4) is 0 Å². The van der Waals surface area contributed by atoms with E-state index in [0.717, 1.165) is 65.8 Å². The van der Waals surface area contributed by atoms with Gasteiger partial charge in [-0.05, 0) is 45.1 Å². The summed E-state index contributed by atoms with van der Waals surface area (Å²) < 4.78 is 0. The Morgan fingerprint density at radius 2 is 2.03 bits per heavy atom. The van der Waals surface area contributed by atoms with Gasteiger partial charge in [0.05, 0.1) is 24.5 Å². The van der Waals surface area contributed by atoms with Crippen molar-refractivity contribution in [2.75, 3.05) is 18.5 Å². The molecule has 0 unspecified atom stereocenters. The number of aromatic amines is 1. The van der Waals surface area contributed by atoms with Gasteiger partial charge in [-0.1, -0.05) is 12.8 Å². The van der Waals surface area contributed by atoms with Crippen LogP contribution in [0, 0.1) is 0 Å². The summed E-state index contributed by atoms with van der Waals surface area (Å²) in [5, 5.41) is 11.2. The van der Waals surface area contributed by atoms with E-state index in [1.807, 2.05) is 18.0 Å². The molecule has 0 aliphatic heterocycles. The van der Waals surface area contributed by atoms with Gasteiger partial charge in [-0.15, -0.1) is 0 Å². The molecule has 30 heavy (non-hydrogen) atoms. The second-order valence-corrected chi connectivity index (χ2v) is 8.85. The van der Waals surface area contributed by atoms with Crippen molar-refractivity contribution in [1.29, 1.82) is 0 Å². The molecule has 1 amide bonds. The van der Waals surface area contributed by atoms with Crippen LogP contribution < -0.4 is 10.2 Å². The number of carbonyl (C=O) groups excluding carboxylic acids is 1. The Hall–Kier alpha value is -3.03. The Balaban J connectivity index is 1.43. The maximum atomic E-state index is 12.7. The van der Waals surface area contributed by atoms with Gasteiger partial charge < -0.3 is 10.2 Å². The lowest BCUT2D eigenvalue weighted by Crippen LogP contribution is -2.47. The van der Waals surface area contributed by atoms with Crippen molar-refractivity contribution in [1.82, 2.24) is 30.5 Å². The summed E-state index contributed by atoms with van der Waals surface area (Å²) in [6.45, 7) is 2.43. The van der Waals surface area contributed by atoms with E-state index in [1.165, 1.54) is 12.8 Å². The fourth-order valence-electron chi connectivity index (χ4n) is 4.75. The molecule has 156 valence electrons. The molecule has 0 bridgehead atoms. The third kappa shape index (κ3) is 3.51. The fourth-order valence-corrected chi connectivity index (χ4v) is 4.75. The maximum absolute atomic E-state index is 12.7. The van der Waals surface area contributed by atoms with Crippen molar-refractivity contribution in [3.8, 4) is 11.5 Å². The predicted octanol–water partition coefficient (Wildman–Crippen LogP) is 2.79. The van der Waals surface area contributed by atoms with Gasteiger partial charge in [-0.3, -0.25) is 14.9 Å². The van der Waals surface area contributed by atoms with Gasteiger partial charge in [0, 0.05) is 29.2 Å². The van der Waals surface area contributed by atoms with Crippen LogP contribution in [0.25, 0.3) is 22.4 Å². The first-order valence-electron chi connectivity index (χ1n) is 10.7. The molecule has 0 aromatic carbocycles. The molecule has 0 spiro atoms. The predicted molar refractivity (Wildman–Crippen MR) is 115 cm³/mol. The number of aromatic nitrogens is 5. The fraction of sp³-hybridized carbons (Fsp3) is 0.500. The number of hydrogen-bond acceptors (Lipinski definition) is 6. The van der Waals surface area contributed by atoms with E-state index in [2.05, 4.69) is 27.4 Å². The standard InChI is InChI=1S/C22H27N7O/c1-22(8-3-4-9-22)27-19(30)13-29(2)21-15-6-5-7-16(15)25-20(26-21)17-10-14-11-24-28-18(14)12-23-17/h10-12H,3-9,13H2,1-2H3,(H,24,28)(H,27,30). The van der Waals surface area contributed by atoms with E-state index in [1.54, 1.807) is 12.4 Å². The molecule has 8 heteroatoms. The number of rotatable bonds is 5. The van der Waals surface area contributed by atoms with E-state index < -0.39 is 0 Å². The molecule has 0 atom stereocenters. The largest absolute Gasteiger partial charge is 0.350 e. The number of aryl methyl sites for hydroxylation is 1. The Kier molecular flexibility index (Phi) is 4.64. The number of nitrogens with zero attached hydrogens (tertiary/aromatic N) is 5. The van der Waals surface area contributed by atoms with Crippen LogP contribution in [0.2, 0.25) is 0 Å². The summed E-state index contributed by atoms with van der Waals surface area (Å²) >= 11 is 0. The minimum atomic E-state index is -0.0688. The number of pyridine rings is 1. The highest BCUT2D eigenvalue weighted by Crippen LogP contribution is 2.32. The average molecular weight is 406 g/mol. The van der Waals surface area contributed by atoms with E-state index in [-0.39, 0.29) is 18.0 Å². The Morgan fingerprint density at radius 3 is 2.87 bits per heavy atom. The summed E-state index contributed by atoms with van der Waals surface area (Å²) in [6, 6.07) is 1.95. The van der Waals surface area contributed by atoms with Crippen molar-refractivity contribution in [2.45, 2.75) is 57.4 Å². The Morgan fingerprint density at radius 1 is 1.20 bits per heavy atom. The van der Waals surface area contributed by atoms with Gasteiger partial charge in [-0.25, -0.2) is 9.97 Å². The summed E-state index contributed by atoms with van der Waals surface area (Å²) in [4.78, 5) is 28.9. The van der Waals surface area contributed by atoms with Crippen LogP contribution in [0.1, 0.15) is 50.3 Å². The number of nitrogens with one attached hydrogen (secondary N) is 2. The quantitative estimate of drug-likeness (QED) is 0.677. The van der Waals surface area contributed by atoms with Crippen molar-refractivity contribution in [2.24, 2.45) is 0 Å². The molecule has 3 heterocycles. The lowest BCUT2D eigenvalue weighted by Gasteiger charge is -2.27. The first-order valence-corrected chi connectivity index (χ1v) is 10.7. The monoisotopic (exact) mass is 405 g/mol. The zero-order chi connectivity index (χ0) is 20.7. The van der Waals surface area contributed by atoms with Gasteiger partial charge >= 0.3 is 0 Å². The zero-order valence-corrected chi connectivity index (χ0v) is 17.5. The third-order valence-electron chi connectivity index (χ3n) is 6.36. The van der Waals surface area contributed by atoms with Crippen LogP contribution in [-0.2, 0) is 17.6 Å². The molecule has 8 nitrogen and oxygen atoms in total. The van der Waals surface area contributed by atoms with E-state index in [9.17, 15) is 4.79 Å². The molecular formula is C22H27N7O. The summed E-state index contributed by atoms with van der Waals surface area (Å²) in [5.41, 5.74) is 3.76. The normalized spacial score (nSPS) is 17.3. The number of carbonyl (C=O) groups is 1. The van der Waals surface area contributed by atoms with Crippen LogP contribution in [0.5, 0.6) is 0 Å². The molecule has 3 aromatic rings. The van der Waals surface area contributed by atoms with Crippen LogP contribution in [0.15, 0.2) is 18.5 Å². The third-order valence-corrected chi connectivity index (χ3v) is 6.36. The summed E-state index contributed by atoms with van der Waals surface area (Å²) in [6.07, 6.45) is 10.9. The molecule has 5 rings (SSSR count). The van der Waals surface area contributed by atoms with Gasteiger partial charge in [0.1, 0.15) is 11.5 Å². The minimum Gasteiger partial charge on any atom is -0.350 e. The van der Waals surface area contributed by atoms with Crippen LogP contribution in [0.4, 0.5) is 5.82 Å². The molecule has 2 aliphatic carbocycles. The summed E-state index contributed by atoms with van der Waals surface area (Å²) in [5.74, 6) is 1.49. The molecule has 0 radical (unpaired) electrons. The van der Waals surface area contributed by atoms with E-state index >= 15 is 0 Å². The lowest BCUT2D eigenvalue weighted by molar-refractivity contribution is -0.121. The topological polar surface area (TPSA) is 99.7 Å². The number of amides is 1. The second kappa shape index (κ2) is 7.34. The van der Waals surface area contributed by atoms with Gasteiger partial charge in [0.15, 0.2) is 5.82 Å². The first kappa shape index (κ1) is 19.0. The molecule has 2 N–H and O–H groups in total. The molecule has 3 aromatic heterocycles. The molecule has 0 saturated heterocycles. The van der Waals surface area contributed by atoms with Crippen LogP contribution in [-0.4, -0.2) is 50.2 Å². The number of fused-ring (bicyclic) bond motifs is 2. The van der Waals surface area contributed by atoms with Gasteiger partial charge in [-0.2, -0.15) is 5.10 Å². The second-order valence-electron chi connectivity index (χ2n) is 8.85. The van der Waals surface area contributed by atoms with Crippen molar-refractivity contribution >= 4 is 22.6 Å². The maximum Gasteiger partial charge on any atom is 0.239 e. The molecule has 1 fully saturated rings. The summed E-state index contributed by atoms with van der Waals surface area (Å²) in [7, 11) is 1.94. The number of anilines is 1. The highest BCUT2D eigenvalue weighted by Gasteiger charge is 2.31. The highest BCUT2D eigenvalue weighted by molar-refractivity contribution is 5.83. The van der Waals surface area contributed by atoms with Gasteiger partial charge in [0.2, 0.25) is 5.91 Å². The Labute approximate surface area is 175 Å². The van der Waals surface area contributed by atoms with Gasteiger partial charge in [0.25, 0.3) is 0 Å². The van der Waals surface area contributed by atoms with Crippen molar-refractivity contribution in [3.63, 3.8) is 0 Å². The number of H-pyrrole nitrogens is 1. The lowest BCUT2D eigenvalue weighted by atomic mass is 10.0. The first-order chi connectivity index (χ1) is 14.5. The van der Waals surface area contributed by atoms with Crippen LogP contribution >= 0.6 is 0 Å². The minimum absolute atomic E-state index is 0.0479. The van der Waals surface area contributed by atoms with Crippen molar-refractivity contribution in [3.05, 3.63) is 29.7 Å². The molecular weight excluding hydrogens is 378 g/mol. The number of likely N-dealkylation sites (N-methyl/N-ethyl adjacent to an activating group) is 1. The van der Waals surface area contributed by atoms with E-state index in [0.29, 0.717) is 5.82 Å². The van der Waals surface area contributed by atoms with Crippen molar-refractivity contribution < 1.29 is 4.79 Å². The molecule has 2 aliphatic rings. The number of hydrogen-bond donors (Lipinski definition) is 2. The highest BCUT2D eigenvalue weighted by atomic mass is 16.2.